The van der Waals surface area contributed by atoms with Gasteiger partial charge < -0.3 is 9.80 Å². The van der Waals surface area contributed by atoms with Crippen LogP contribution in [0.4, 0.5) is 0 Å². The van der Waals surface area contributed by atoms with Crippen molar-refractivity contribution in [2.24, 2.45) is 11.8 Å². The molecule has 7 heterocycles. The second kappa shape index (κ2) is 10.2. The number of nitrogens with zero attached hydrogens (tertiary/aromatic N) is 6. The molecule has 4 atom stereocenters. The summed E-state index contributed by atoms with van der Waals surface area (Å²) in [5.74, 6) is 5.16. The van der Waals surface area contributed by atoms with Crippen LogP contribution in [0.15, 0.2) is 10.1 Å². The Labute approximate surface area is 208 Å². The van der Waals surface area contributed by atoms with Crippen LogP contribution in [0.2, 0.25) is 0 Å². The fourth-order valence-electron chi connectivity index (χ4n) is 6.17. The van der Waals surface area contributed by atoms with Gasteiger partial charge in [0, 0.05) is 31.5 Å². The molecule has 2 aromatic rings. The maximum absolute atomic E-state index is 4.74. The molecule has 7 rings (SSSR count). The Hall–Kier alpha value is -0.260. The largest absolute Gasteiger partial charge is 0.303 e. The Morgan fingerprint density at radius 2 is 1.31 bits per heavy atom. The molecule has 0 aromatic carbocycles. The standard InChI is InChI=1S/C22H32N6S4/c1(10-29-21-19(23-31-25-21)17-13-27-8-5-15(17)6-9-27)2-11-30-22-20(24-32-26-22)18-14-28-7-3-4-16(18)12-28/h15-18H,1-14H2. The molecule has 4 unspecified atom stereocenters. The summed E-state index contributed by atoms with van der Waals surface area (Å²) in [5, 5.41) is 2.43. The SMILES string of the molecule is C(CCSc1nsnc1C1CN2CCCC1C2)CSc1nsnc1C1CN2CCC1CC2. The van der Waals surface area contributed by atoms with Crippen LogP contribution in [0, 0.1) is 11.8 Å². The number of hydrogen-bond acceptors (Lipinski definition) is 10. The quantitative estimate of drug-likeness (QED) is 0.358. The molecular formula is C22H32N6S4. The lowest BCUT2D eigenvalue weighted by Crippen LogP contribution is -2.46. The molecule has 0 saturated carbocycles. The molecule has 0 amide bonds. The van der Waals surface area contributed by atoms with E-state index in [1.165, 1.54) is 123 Å². The molecule has 0 radical (unpaired) electrons. The van der Waals surface area contributed by atoms with Crippen LogP contribution in [0.3, 0.4) is 0 Å². The monoisotopic (exact) mass is 508 g/mol. The second-order valence-corrected chi connectivity index (χ2v) is 13.1. The third-order valence-electron chi connectivity index (χ3n) is 7.90. The molecule has 0 N–H and O–H groups in total. The van der Waals surface area contributed by atoms with Crippen molar-refractivity contribution in [1.82, 2.24) is 27.3 Å². The van der Waals surface area contributed by atoms with Gasteiger partial charge in [-0.15, -0.1) is 23.5 Å². The van der Waals surface area contributed by atoms with Crippen LogP contribution in [0.1, 0.15) is 61.7 Å². The fourth-order valence-corrected chi connectivity index (χ4v) is 9.71. The highest BCUT2D eigenvalue weighted by Crippen LogP contribution is 2.42. The highest BCUT2D eigenvalue weighted by atomic mass is 32.2. The first-order valence-corrected chi connectivity index (χ1v) is 15.6. The Morgan fingerprint density at radius 3 is 1.91 bits per heavy atom. The Bertz CT molecular complexity index is 837. The maximum atomic E-state index is 4.74. The molecule has 0 spiro atoms. The third kappa shape index (κ3) is 4.64. The summed E-state index contributed by atoms with van der Waals surface area (Å²) in [4.78, 5) is 5.24. The highest BCUT2D eigenvalue weighted by molar-refractivity contribution is 7.99. The lowest BCUT2D eigenvalue weighted by molar-refractivity contribution is 0.0846. The minimum atomic E-state index is 0.622. The summed E-state index contributed by atoms with van der Waals surface area (Å²) in [6.45, 7) is 7.52. The minimum absolute atomic E-state index is 0.622. The van der Waals surface area contributed by atoms with Crippen LogP contribution in [-0.2, 0) is 0 Å². The molecule has 5 fully saturated rings. The molecule has 5 saturated heterocycles. The predicted molar refractivity (Wildman–Crippen MR) is 134 cm³/mol. The van der Waals surface area contributed by atoms with E-state index in [1.807, 2.05) is 23.5 Å². The molecular weight excluding hydrogens is 477 g/mol. The zero-order valence-electron chi connectivity index (χ0n) is 18.5. The number of unbranched alkanes of at least 4 members (excludes halogenated alkanes) is 1. The molecule has 6 nitrogen and oxygen atoms in total. The van der Waals surface area contributed by atoms with Gasteiger partial charge in [0.25, 0.3) is 0 Å². The topological polar surface area (TPSA) is 58.0 Å². The molecule has 10 heteroatoms. The molecule has 2 aromatic heterocycles. The molecule has 5 aliphatic heterocycles. The Balaban J connectivity index is 0.957. The van der Waals surface area contributed by atoms with E-state index in [1.54, 1.807) is 0 Å². The first-order valence-electron chi connectivity index (χ1n) is 12.2. The average molecular weight is 509 g/mol. The van der Waals surface area contributed by atoms with E-state index < -0.39 is 0 Å². The third-order valence-corrected chi connectivity index (χ3v) is 11.4. The van der Waals surface area contributed by atoms with Gasteiger partial charge in [-0.05, 0) is 81.5 Å². The van der Waals surface area contributed by atoms with Gasteiger partial charge in [-0.1, -0.05) is 0 Å². The van der Waals surface area contributed by atoms with E-state index in [9.17, 15) is 0 Å². The van der Waals surface area contributed by atoms with Crippen molar-refractivity contribution in [2.45, 2.75) is 60.4 Å². The number of piperidine rings is 4. The van der Waals surface area contributed by atoms with Gasteiger partial charge in [0.05, 0.1) is 34.8 Å². The van der Waals surface area contributed by atoms with Gasteiger partial charge in [0.1, 0.15) is 10.1 Å². The zero-order valence-corrected chi connectivity index (χ0v) is 21.8. The van der Waals surface area contributed by atoms with Crippen molar-refractivity contribution in [3.63, 3.8) is 0 Å². The van der Waals surface area contributed by atoms with Gasteiger partial charge in [-0.25, -0.2) is 0 Å². The van der Waals surface area contributed by atoms with Crippen LogP contribution < -0.4 is 0 Å². The summed E-state index contributed by atoms with van der Waals surface area (Å²) >= 11 is 6.69. The average Bonchev–Trinajstić information content (AvgIpc) is 3.56. The van der Waals surface area contributed by atoms with E-state index in [2.05, 4.69) is 18.5 Å². The number of rotatable bonds is 9. The van der Waals surface area contributed by atoms with Crippen molar-refractivity contribution in [1.29, 1.82) is 0 Å². The number of thioether (sulfide) groups is 2. The summed E-state index contributed by atoms with van der Waals surface area (Å²) < 4.78 is 18.8. The minimum Gasteiger partial charge on any atom is -0.303 e. The first kappa shape index (κ1) is 22.2. The molecule has 4 bridgehead atoms. The van der Waals surface area contributed by atoms with Crippen molar-refractivity contribution in [3.8, 4) is 0 Å². The maximum Gasteiger partial charge on any atom is 0.134 e. The van der Waals surface area contributed by atoms with Gasteiger partial charge in [-0.2, -0.15) is 17.5 Å². The summed E-state index contributed by atoms with van der Waals surface area (Å²) in [7, 11) is 0. The van der Waals surface area contributed by atoms with Crippen LogP contribution >= 0.6 is 47.0 Å². The van der Waals surface area contributed by atoms with Gasteiger partial charge >= 0.3 is 0 Å². The van der Waals surface area contributed by atoms with Crippen molar-refractivity contribution in [3.05, 3.63) is 11.4 Å². The van der Waals surface area contributed by atoms with Gasteiger partial charge in [-0.3, -0.25) is 0 Å². The molecule has 0 aliphatic carbocycles. The zero-order chi connectivity index (χ0) is 21.3. The van der Waals surface area contributed by atoms with Crippen LogP contribution in [0.25, 0.3) is 0 Å². The van der Waals surface area contributed by atoms with Gasteiger partial charge in [0.2, 0.25) is 0 Å². The normalized spacial score (nSPS) is 33.8. The second-order valence-electron chi connectivity index (χ2n) is 9.83. The summed E-state index contributed by atoms with van der Waals surface area (Å²) in [6, 6.07) is 0. The first-order chi connectivity index (χ1) is 15.8. The van der Waals surface area contributed by atoms with E-state index in [0.717, 1.165) is 23.3 Å². The number of hydrogen-bond donors (Lipinski definition) is 0. The number of fused-ring (bicyclic) bond motifs is 5. The van der Waals surface area contributed by atoms with Crippen molar-refractivity contribution < 1.29 is 0 Å². The van der Waals surface area contributed by atoms with Crippen molar-refractivity contribution >= 4 is 47.0 Å². The molecule has 5 aliphatic rings. The Kier molecular flexibility index (Phi) is 7.05. The van der Waals surface area contributed by atoms with Crippen LogP contribution in [-0.4, -0.2) is 78.1 Å². The predicted octanol–water partition coefficient (Wildman–Crippen LogP) is 4.67. The van der Waals surface area contributed by atoms with E-state index >= 15 is 0 Å². The highest BCUT2D eigenvalue weighted by Gasteiger charge is 2.39. The lowest BCUT2D eigenvalue weighted by Gasteiger charge is -2.44. The van der Waals surface area contributed by atoms with E-state index in [4.69, 9.17) is 8.75 Å². The van der Waals surface area contributed by atoms with Gasteiger partial charge in [0.15, 0.2) is 0 Å². The van der Waals surface area contributed by atoms with E-state index in [0.29, 0.717) is 11.8 Å². The van der Waals surface area contributed by atoms with Crippen LogP contribution in [0.5, 0.6) is 0 Å². The molecule has 174 valence electrons. The number of aromatic nitrogens is 4. The Morgan fingerprint density at radius 1 is 0.688 bits per heavy atom. The summed E-state index contributed by atoms with van der Waals surface area (Å²) in [6.07, 6.45) is 7.86. The summed E-state index contributed by atoms with van der Waals surface area (Å²) in [5.41, 5.74) is 2.61. The van der Waals surface area contributed by atoms with Crippen molar-refractivity contribution in [2.75, 3.05) is 50.8 Å². The smallest absolute Gasteiger partial charge is 0.134 e. The van der Waals surface area contributed by atoms with E-state index in [-0.39, 0.29) is 0 Å². The molecule has 32 heavy (non-hydrogen) atoms. The lowest BCUT2D eigenvalue weighted by atomic mass is 9.78. The fraction of sp³-hybridized carbons (Fsp3) is 0.818.